The summed E-state index contributed by atoms with van der Waals surface area (Å²) in [6.45, 7) is 3.76. The number of carbonyl (C=O) groups is 1. The van der Waals surface area contributed by atoms with Crippen molar-refractivity contribution in [3.8, 4) is 5.75 Å². The Bertz CT molecular complexity index is 464. The van der Waals surface area contributed by atoms with E-state index in [0.29, 0.717) is 12.5 Å². The molecule has 1 aliphatic carbocycles. The predicted molar refractivity (Wildman–Crippen MR) is 72.6 cm³/mol. The van der Waals surface area contributed by atoms with Crippen molar-refractivity contribution in [2.24, 2.45) is 0 Å². The van der Waals surface area contributed by atoms with E-state index in [0.717, 1.165) is 29.7 Å². The first kappa shape index (κ1) is 12.7. The van der Waals surface area contributed by atoms with Crippen LogP contribution in [0, 0.1) is 0 Å². The molecule has 0 radical (unpaired) electrons. The van der Waals surface area contributed by atoms with Gasteiger partial charge in [0.25, 0.3) is 0 Å². The summed E-state index contributed by atoms with van der Waals surface area (Å²) in [4.78, 5) is 13.9. The molecule has 0 bridgehead atoms. The fourth-order valence-corrected chi connectivity index (χ4v) is 2.02. The number of nitrogens with zero attached hydrogens (tertiary/aromatic N) is 1. The SMILES string of the molecule is C=Cc1cc(CC(=O)N(C)C2CC2)ccc1OC. The monoisotopic (exact) mass is 245 g/mol. The molecule has 0 aromatic heterocycles. The van der Waals surface area contributed by atoms with Gasteiger partial charge in [-0.1, -0.05) is 18.7 Å². The second-order valence-electron chi connectivity index (χ2n) is 4.69. The minimum atomic E-state index is 0.178. The molecule has 0 heterocycles. The first-order valence-electron chi connectivity index (χ1n) is 6.20. The lowest BCUT2D eigenvalue weighted by atomic mass is 10.1. The highest BCUT2D eigenvalue weighted by Crippen LogP contribution is 2.26. The van der Waals surface area contributed by atoms with E-state index in [1.165, 1.54) is 0 Å². The van der Waals surface area contributed by atoms with Gasteiger partial charge in [-0.15, -0.1) is 0 Å². The van der Waals surface area contributed by atoms with Gasteiger partial charge in [-0.2, -0.15) is 0 Å². The maximum Gasteiger partial charge on any atom is 0.226 e. The predicted octanol–water partition coefficient (Wildman–Crippen LogP) is 2.50. The van der Waals surface area contributed by atoms with Gasteiger partial charge >= 0.3 is 0 Å². The Hall–Kier alpha value is -1.77. The molecule has 0 atom stereocenters. The standard InChI is InChI=1S/C15H19NO2/c1-4-12-9-11(5-8-14(12)18-3)10-15(17)16(2)13-6-7-13/h4-5,8-9,13H,1,6-7,10H2,2-3H3. The van der Waals surface area contributed by atoms with Crippen LogP contribution in [0.2, 0.25) is 0 Å². The van der Waals surface area contributed by atoms with Crippen molar-refractivity contribution >= 4 is 12.0 Å². The lowest BCUT2D eigenvalue weighted by Gasteiger charge is -2.16. The van der Waals surface area contributed by atoms with E-state index in [9.17, 15) is 4.79 Å². The summed E-state index contributed by atoms with van der Waals surface area (Å²) in [6.07, 6.45) is 4.47. The van der Waals surface area contributed by atoms with Gasteiger partial charge < -0.3 is 9.64 Å². The van der Waals surface area contributed by atoms with E-state index in [2.05, 4.69) is 6.58 Å². The molecule has 3 nitrogen and oxygen atoms in total. The molecule has 18 heavy (non-hydrogen) atoms. The lowest BCUT2D eigenvalue weighted by Crippen LogP contribution is -2.30. The van der Waals surface area contributed by atoms with E-state index in [1.54, 1.807) is 13.2 Å². The maximum absolute atomic E-state index is 12.0. The Kier molecular flexibility index (Phi) is 3.70. The first-order chi connectivity index (χ1) is 8.65. The van der Waals surface area contributed by atoms with Crippen molar-refractivity contribution in [2.45, 2.75) is 25.3 Å². The van der Waals surface area contributed by atoms with Crippen molar-refractivity contribution in [3.63, 3.8) is 0 Å². The van der Waals surface area contributed by atoms with Gasteiger partial charge in [-0.3, -0.25) is 4.79 Å². The van der Waals surface area contributed by atoms with Crippen LogP contribution in [0.3, 0.4) is 0 Å². The number of hydrogen-bond acceptors (Lipinski definition) is 2. The summed E-state index contributed by atoms with van der Waals surface area (Å²) < 4.78 is 5.23. The third-order valence-electron chi connectivity index (χ3n) is 3.36. The van der Waals surface area contributed by atoms with E-state index in [1.807, 2.05) is 30.1 Å². The van der Waals surface area contributed by atoms with Gasteiger partial charge in [-0.25, -0.2) is 0 Å². The zero-order valence-corrected chi connectivity index (χ0v) is 11.0. The highest BCUT2D eigenvalue weighted by molar-refractivity contribution is 5.79. The van der Waals surface area contributed by atoms with Crippen LogP contribution in [0.1, 0.15) is 24.0 Å². The molecule has 2 rings (SSSR count). The second-order valence-corrected chi connectivity index (χ2v) is 4.69. The van der Waals surface area contributed by atoms with Crippen molar-refractivity contribution < 1.29 is 9.53 Å². The van der Waals surface area contributed by atoms with Gasteiger partial charge in [0.2, 0.25) is 5.91 Å². The number of likely N-dealkylation sites (N-methyl/N-ethyl adjacent to an activating group) is 1. The lowest BCUT2D eigenvalue weighted by molar-refractivity contribution is -0.129. The molecule has 0 N–H and O–H groups in total. The van der Waals surface area contributed by atoms with Crippen molar-refractivity contribution in [2.75, 3.05) is 14.2 Å². The van der Waals surface area contributed by atoms with E-state index in [-0.39, 0.29) is 5.91 Å². The smallest absolute Gasteiger partial charge is 0.226 e. The van der Waals surface area contributed by atoms with Crippen LogP contribution in [0.4, 0.5) is 0 Å². The molecule has 0 spiro atoms. The van der Waals surface area contributed by atoms with Gasteiger partial charge in [0.15, 0.2) is 0 Å². The number of amides is 1. The second kappa shape index (κ2) is 5.25. The molecule has 1 aliphatic rings. The zero-order valence-electron chi connectivity index (χ0n) is 11.0. The summed E-state index contributed by atoms with van der Waals surface area (Å²) in [5.41, 5.74) is 1.93. The van der Waals surface area contributed by atoms with Crippen molar-refractivity contribution in [1.29, 1.82) is 0 Å². The van der Waals surface area contributed by atoms with Gasteiger partial charge in [-0.05, 0) is 30.5 Å². The minimum absolute atomic E-state index is 0.178. The molecule has 96 valence electrons. The Morgan fingerprint density at radius 2 is 2.28 bits per heavy atom. The van der Waals surface area contributed by atoms with Gasteiger partial charge in [0, 0.05) is 18.7 Å². The van der Waals surface area contributed by atoms with Gasteiger partial charge in [0.05, 0.1) is 13.5 Å². The number of carbonyl (C=O) groups excluding carboxylic acids is 1. The van der Waals surface area contributed by atoms with Crippen LogP contribution in [-0.4, -0.2) is 31.0 Å². The fraction of sp³-hybridized carbons (Fsp3) is 0.400. The highest BCUT2D eigenvalue weighted by atomic mass is 16.5. The van der Waals surface area contributed by atoms with Crippen LogP contribution in [0.5, 0.6) is 5.75 Å². The zero-order chi connectivity index (χ0) is 13.1. The summed E-state index contributed by atoms with van der Waals surface area (Å²) in [5, 5.41) is 0. The van der Waals surface area contributed by atoms with Crippen LogP contribution >= 0.6 is 0 Å². The molecule has 0 unspecified atom stereocenters. The Labute approximate surface area is 108 Å². The fourth-order valence-electron chi connectivity index (χ4n) is 2.02. The van der Waals surface area contributed by atoms with E-state index in [4.69, 9.17) is 4.74 Å². The average Bonchev–Trinajstić information content (AvgIpc) is 3.21. The summed E-state index contributed by atoms with van der Waals surface area (Å²) in [7, 11) is 3.52. The summed E-state index contributed by atoms with van der Waals surface area (Å²) in [6, 6.07) is 6.25. The molecule has 1 amide bonds. The molecule has 1 aromatic carbocycles. The number of hydrogen-bond donors (Lipinski definition) is 0. The highest BCUT2D eigenvalue weighted by Gasteiger charge is 2.29. The van der Waals surface area contributed by atoms with Crippen LogP contribution < -0.4 is 4.74 Å². The largest absolute Gasteiger partial charge is 0.496 e. The quantitative estimate of drug-likeness (QED) is 0.797. The van der Waals surface area contributed by atoms with Crippen LogP contribution in [-0.2, 0) is 11.2 Å². The number of ether oxygens (including phenoxy) is 1. The Balaban J connectivity index is 2.09. The Morgan fingerprint density at radius 3 is 2.83 bits per heavy atom. The molecular formula is C15H19NO2. The molecule has 1 aromatic rings. The normalized spacial score (nSPS) is 14.1. The third kappa shape index (κ3) is 2.73. The molecule has 3 heteroatoms. The molecule has 1 fully saturated rings. The molecule has 0 aliphatic heterocycles. The van der Waals surface area contributed by atoms with E-state index >= 15 is 0 Å². The molecule has 1 saturated carbocycles. The average molecular weight is 245 g/mol. The molecule has 0 saturated heterocycles. The summed E-state index contributed by atoms with van der Waals surface area (Å²) in [5.74, 6) is 0.967. The van der Waals surface area contributed by atoms with E-state index < -0.39 is 0 Å². The number of rotatable bonds is 5. The minimum Gasteiger partial charge on any atom is -0.496 e. The van der Waals surface area contributed by atoms with Gasteiger partial charge in [0.1, 0.15) is 5.75 Å². The Morgan fingerprint density at radius 1 is 1.56 bits per heavy atom. The molecular weight excluding hydrogens is 226 g/mol. The van der Waals surface area contributed by atoms with Crippen molar-refractivity contribution in [3.05, 3.63) is 35.9 Å². The first-order valence-corrected chi connectivity index (χ1v) is 6.20. The van der Waals surface area contributed by atoms with Crippen LogP contribution in [0.25, 0.3) is 6.08 Å². The number of benzene rings is 1. The maximum atomic E-state index is 12.0. The van der Waals surface area contributed by atoms with Crippen LogP contribution in [0.15, 0.2) is 24.8 Å². The topological polar surface area (TPSA) is 29.5 Å². The summed E-state index contributed by atoms with van der Waals surface area (Å²) >= 11 is 0. The third-order valence-corrected chi connectivity index (χ3v) is 3.36. The number of methoxy groups -OCH3 is 1. The van der Waals surface area contributed by atoms with Crippen molar-refractivity contribution in [1.82, 2.24) is 4.90 Å².